The molecule has 0 amide bonds. The SMILES string of the molecule is OC1=C(OCCC#Cc2ccc(-c3cccs3)s2)C=COC1. The Morgan fingerprint density at radius 3 is 3.05 bits per heavy atom. The van der Waals surface area contributed by atoms with Crippen LogP contribution in [0.25, 0.3) is 9.75 Å². The van der Waals surface area contributed by atoms with Crippen LogP contribution in [0.2, 0.25) is 0 Å². The van der Waals surface area contributed by atoms with Crippen LogP contribution in [0.3, 0.4) is 0 Å². The summed E-state index contributed by atoms with van der Waals surface area (Å²) in [6, 6.07) is 8.32. The van der Waals surface area contributed by atoms with Gasteiger partial charge >= 0.3 is 0 Å². The average molecular weight is 330 g/mol. The van der Waals surface area contributed by atoms with Crippen molar-refractivity contribution in [3.05, 3.63) is 58.4 Å². The van der Waals surface area contributed by atoms with Gasteiger partial charge in [-0.1, -0.05) is 17.9 Å². The lowest BCUT2D eigenvalue weighted by atomic mass is 10.3. The van der Waals surface area contributed by atoms with Crippen LogP contribution in [0.15, 0.2) is 53.5 Å². The van der Waals surface area contributed by atoms with Gasteiger partial charge in [0.15, 0.2) is 11.5 Å². The molecule has 0 spiro atoms. The van der Waals surface area contributed by atoms with E-state index in [1.165, 1.54) is 16.0 Å². The fourth-order valence-electron chi connectivity index (χ4n) is 1.85. The Morgan fingerprint density at radius 2 is 2.23 bits per heavy atom. The molecular formula is C17H14O3S2. The van der Waals surface area contributed by atoms with Gasteiger partial charge < -0.3 is 14.6 Å². The Kier molecular flexibility index (Phi) is 4.84. The number of aliphatic hydroxyl groups excluding tert-OH is 1. The Bertz CT molecular complexity index is 742. The molecule has 0 fully saturated rings. The second-order valence-corrected chi connectivity index (χ2v) is 6.50. The predicted octanol–water partition coefficient (Wildman–Crippen LogP) is 4.55. The maximum Gasteiger partial charge on any atom is 0.172 e. The summed E-state index contributed by atoms with van der Waals surface area (Å²) < 4.78 is 10.4. The van der Waals surface area contributed by atoms with E-state index in [2.05, 4.69) is 35.4 Å². The number of rotatable bonds is 4. The summed E-state index contributed by atoms with van der Waals surface area (Å²) in [7, 11) is 0. The van der Waals surface area contributed by atoms with Crippen LogP contribution >= 0.6 is 22.7 Å². The van der Waals surface area contributed by atoms with Crippen LogP contribution < -0.4 is 0 Å². The largest absolute Gasteiger partial charge is 0.506 e. The smallest absolute Gasteiger partial charge is 0.172 e. The average Bonchev–Trinajstić information content (AvgIpc) is 3.19. The fraction of sp³-hybridized carbons (Fsp3) is 0.176. The van der Waals surface area contributed by atoms with Crippen molar-refractivity contribution in [3.8, 4) is 21.6 Å². The summed E-state index contributed by atoms with van der Waals surface area (Å²) in [5.41, 5.74) is 0. The lowest BCUT2D eigenvalue weighted by molar-refractivity contribution is 0.159. The van der Waals surface area contributed by atoms with E-state index in [1.54, 1.807) is 28.7 Å². The maximum atomic E-state index is 9.54. The molecule has 3 rings (SSSR count). The molecule has 2 aromatic rings. The summed E-state index contributed by atoms with van der Waals surface area (Å²) in [6.45, 7) is 0.609. The van der Waals surface area contributed by atoms with Crippen LogP contribution in [-0.2, 0) is 9.47 Å². The van der Waals surface area contributed by atoms with E-state index in [1.807, 2.05) is 6.07 Å². The monoisotopic (exact) mass is 330 g/mol. The van der Waals surface area contributed by atoms with Gasteiger partial charge in [-0.3, -0.25) is 0 Å². The zero-order valence-electron chi connectivity index (χ0n) is 11.7. The number of ether oxygens (including phenoxy) is 2. The first-order chi connectivity index (χ1) is 10.8. The summed E-state index contributed by atoms with van der Waals surface area (Å²) >= 11 is 3.43. The topological polar surface area (TPSA) is 38.7 Å². The van der Waals surface area contributed by atoms with E-state index in [0.717, 1.165) is 4.88 Å². The number of allylic oxidation sites excluding steroid dienone is 1. The molecule has 3 heterocycles. The van der Waals surface area contributed by atoms with Gasteiger partial charge in [-0.15, -0.1) is 22.7 Å². The minimum absolute atomic E-state index is 0.120. The van der Waals surface area contributed by atoms with E-state index < -0.39 is 0 Å². The van der Waals surface area contributed by atoms with E-state index in [9.17, 15) is 5.11 Å². The summed E-state index contributed by atoms with van der Waals surface area (Å²) in [6.07, 6.45) is 3.73. The first kappa shape index (κ1) is 14.8. The molecule has 0 saturated heterocycles. The van der Waals surface area contributed by atoms with Crippen LogP contribution in [0, 0.1) is 11.8 Å². The predicted molar refractivity (Wildman–Crippen MR) is 89.8 cm³/mol. The molecule has 1 N–H and O–H groups in total. The van der Waals surface area contributed by atoms with Crippen LogP contribution in [0.5, 0.6) is 0 Å². The van der Waals surface area contributed by atoms with Crippen molar-refractivity contribution >= 4 is 22.7 Å². The van der Waals surface area contributed by atoms with E-state index in [-0.39, 0.29) is 12.4 Å². The lowest BCUT2D eigenvalue weighted by Gasteiger charge is -2.12. The van der Waals surface area contributed by atoms with Crippen molar-refractivity contribution in [1.82, 2.24) is 0 Å². The van der Waals surface area contributed by atoms with E-state index in [0.29, 0.717) is 18.8 Å². The molecule has 5 heteroatoms. The van der Waals surface area contributed by atoms with Gasteiger partial charge in [0.2, 0.25) is 0 Å². The number of hydrogen-bond donors (Lipinski definition) is 1. The molecule has 2 aromatic heterocycles. The third-order valence-electron chi connectivity index (χ3n) is 2.89. The Balaban J connectivity index is 1.50. The third-order valence-corrected chi connectivity index (χ3v) is 4.95. The van der Waals surface area contributed by atoms with E-state index in [4.69, 9.17) is 9.47 Å². The maximum absolute atomic E-state index is 9.54. The molecule has 0 aliphatic carbocycles. The second-order valence-electron chi connectivity index (χ2n) is 4.47. The Labute approximate surface area is 137 Å². The van der Waals surface area contributed by atoms with Gasteiger partial charge in [-0.05, 0) is 23.6 Å². The molecule has 0 saturated carbocycles. The van der Waals surface area contributed by atoms with Crippen LogP contribution in [-0.4, -0.2) is 18.3 Å². The molecule has 0 aromatic carbocycles. The van der Waals surface area contributed by atoms with Gasteiger partial charge in [0.1, 0.15) is 6.61 Å². The minimum Gasteiger partial charge on any atom is -0.506 e. The molecule has 22 heavy (non-hydrogen) atoms. The van der Waals surface area contributed by atoms with Gasteiger partial charge in [-0.25, -0.2) is 0 Å². The highest BCUT2D eigenvalue weighted by Gasteiger charge is 2.08. The second kappa shape index (κ2) is 7.21. The zero-order chi connectivity index (χ0) is 15.2. The highest BCUT2D eigenvalue weighted by Crippen LogP contribution is 2.30. The van der Waals surface area contributed by atoms with Gasteiger partial charge in [0.05, 0.1) is 17.7 Å². The highest BCUT2D eigenvalue weighted by atomic mass is 32.1. The van der Waals surface area contributed by atoms with Gasteiger partial charge in [0, 0.05) is 22.3 Å². The molecule has 3 nitrogen and oxygen atoms in total. The standard InChI is InChI=1S/C17H14O3S2/c18-14-12-19-10-8-15(14)20-9-2-1-4-13-6-7-17(22-13)16-5-3-11-21-16/h3,5-8,10-11,18H,2,9,12H2. The molecule has 112 valence electrons. The third kappa shape index (κ3) is 3.73. The number of thiophene rings is 2. The lowest BCUT2D eigenvalue weighted by Crippen LogP contribution is -2.05. The minimum atomic E-state index is 0.120. The first-order valence-corrected chi connectivity index (χ1v) is 8.48. The molecule has 0 radical (unpaired) electrons. The van der Waals surface area contributed by atoms with E-state index >= 15 is 0 Å². The molecule has 0 atom stereocenters. The van der Waals surface area contributed by atoms with Crippen molar-refractivity contribution in [3.63, 3.8) is 0 Å². The highest BCUT2D eigenvalue weighted by molar-refractivity contribution is 7.21. The Hall–Kier alpha value is -2.16. The molecule has 0 unspecified atom stereocenters. The van der Waals surface area contributed by atoms with Gasteiger partial charge in [0.25, 0.3) is 0 Å². The molecule has 1 aliphatic rings. The van der Waals surface area contributed by atoms with Crippen molar-refractivity contribution < 1.29 is 14.6 Å². The summed E-state index contributed by atoms with van der Waals surface area (Å²) in [5.74, 6) is 6.82. The molecule has 0 bridgehead atoms. The van der Waals surface area contributed by atoms with Crippen molar-refractivity contribution in [1.29, 1.82) is 0 Å². The summed E-state index contributed by atoms with van der Waals surface area (Å²) in [5, 5.41) is 11.6. The molecular weight excluding hydrogens is 316 g/mol. The quantitative estimate of drug-likeness (QED) is 0.660. The van der Waals surface area contributed by atoms with Gasteiger partial charge in [-0.2, -0.15) is 0 Å². The summed E-state index contributed by atoms with van der Waals surface area (Å²) in [4.78, 5) is 3.57. The normalized spacial score (nSPS) is 13.5. The first-order valence-electron chi connectivity index (χ1n) is 6.78. The van der Waals surface area contributed by atoms with Crippen molar-refractivity contribution in [2.24, 2.45) is 0 Å². The number of aliphatic hydroxyl groups is 1. The van der Waals surface area contributed by atoms with Crippen molar-refractivity contribution in [2.45, 2.75) is 6.42 Å². The Morgan fingerprint density at radius 1 is 1.27 bits per heavy atom. The van der Waals surface area contributed by atoms with Crippen molar-refractivity contribution in [2.75, 3.05) is 13.2 Å². The van der Waals surface area contributed by atoms with Crippen LogP contribution in [0.1, 0.15) is 11.3 Å². The fourth-order valence-corrected chi connectivity index (χ4v) is 3.57. The van der Waals surface area contributed by atoms with Crippen LogP contribution in [0.4, 0.5) is 0 Å². The molecule has 1 aliphatic heterocycles. The zero-order valence-corrected chi connectivity index (χ0v) is 13.4. The number of hydrogen-bond acceptors (Lipinski definition) is 5.